The molecule has 1 aromatic heterocycles. The maximum Gasteiger partial charge on any atom is 0.256 e. The summed E-state index contributed by atoms with van der Waals surface area (Å²) in [5.41, 5.74) is 7.82. The average Bonchev–Trinajstić information content (AvgIpc) is 2.98. The predicted octanol–water partition coefficient (Wildman–Crippen LogP) is 4.26. The van der Waals surface area contributed by atoms with E-state index < -0.39 is 5.91 Å². The summed E-state index contributed by atoms with van der Waals surface area (Å²) in [7, 11) is 1.56. The number of thiophene rings is 1. The zero-order chi connectivity index (χ0) is 19.8. The largest absolute Gasteiger partial charge is 0.497 e. The van der Waals surface area contributed by atoms with Crippen LogP contribution in [0.25, 0.3) is 0 Å². The Bertz CT molecular complexity index is 880. The van der Waals surface area contributed by atoms with Gasteiger partial charge in [0.2, 0.25) is 0 Å². The molecule has 0 saturated heterocycles. The van der Waals surface area contributed by atoms with E-state index in [0.29, 0.717) is 27.8 Å². The second-order valence-corrected chi connectivity index (χ2v) is 9.17. The number of primary amides is 1. The average molecular weight is 387 g/mol. The number of nitrogens with two attached hydrogens (primary N) is 1. The lowest BCUT2D eigenvalue weighted by atomic mass is 9.72. The summed E-state index contributed by atoms with van der Waals surface area (Å²) in [5.74, 6) is 0.396. The maximum absolute atomic E-state index is 12.7. The minimum atomic E-state index is -0.484. The molecule has 3 rings (SSSR count). The summed E-state index contributed by atoms with van der Waals surface area (Å²) in [5, 5.41) is 3.44. The van der Waals surface area contributed by atoms with Crippen LogP contribution in [0.5, 0.6) is 5.75 Å². The summed E-state index contributed by atoms with van der Waals surface area (Å²) >= 11 is 1.48. The molecule has 0 aliphatic heterocycles. The van der Waals surface area contributed by atoms with Gasteiger partial charge in [0, 0.05) is 10.4 Å². The van der Waals surface area contributed by atoms with Gasteiger partial charge < -0.3 is 15.8 Å². The van der Waals surface area contributed by atoms with Gasteiger partial charge in [-0.05, 0) is 54.4 Å². The molecule has 6 heteroatoms. The number of amides is 2. The van der Waals surface area contributed by atoms with E-state index in [0.717, 1.165) is 29.7 Å². The van der Waals surface area contributed by atoms with Gasteiger partial charge in [-0.1, -0.05) is 26.8 Å². The van der Waals surface area contributed by atoms with E-state index in [9.17, 15) is 9.59 Å². The zero-order valence-corrected chi connectivity index (χ0v) is 17.0. The van der Waals surface area contributed by atoms with Gasteiger partial charge in [-0.25, -0.2) is 0 Å². The molecule has 0 spiro atoms. The van der Waals surface area contributed by atoms with Crippen LogP contribution < -0.4 is 15.8 Å². The van der Waals surface area contributed by atoms with Crippen LogP contribution in [0.4, 0.5) is 5.00 Å². The molecule has 0 radical (unpaired) electrons. The number of nitrogens with one attached hydrogen (secondary N) is 1. The highest BCUT2D eigenvalue weighted by atomic mass is 32.1. The van der Waals surface area contributed by atoms with Crippen LogP contribution in [0.15, 0.2) is 24.3 Å². The first-order valence-corrected chi connectivity index (χ1v) is 9.92. The van der Waals surface area contributed by atoms with Crippen LogP contribution in [0.3, 0.4) is 0 Å². The summed E-state index contributed by atoms with van der Waals surface area (Å²) in [6.45, 7) is 6.74. The summed E-state index contributed by atoms with van der Waals surface area (Å²) < 4.78 is 5.18. The first-order chi connectivity index (χ1) is 12.7. The third-order valence-corrected chi connectivity index (χ3v) is 6.47. The molecule has 0 saturated carbocycles. The SMILES string of the molecule is COc1cccc(C(=O)Nc2sc3c(c2C(N)=O)CCC(C(C)(C)C)C3)c1. The van der Waals surface area contributed by atoms with Gasteiger partial charge in [-0.15, -0.1) is 11.3 Å². The van der Waals surface area contributed by atoms with Crippen molar-refractivity contribution in [2.75, 3.05) is 12.4 Å². The van der Waals surface area contributed by atoms with Crippen molar-refractivity contribution in [1.82, 2.24) is 0 Å². The normalized spacial score (nSPS) is 16.5. The first-order valence-electron chi connectivity index (χ1n) is 9.10. The fourth-order valence-corrected chi connectivity index (χ4v) is 4.94. The van der Waals surface area contributed by atoms with Crippen molar-refractivity contribution in [3.8, 4) is 5.75 Å². The Morgan fingerprint density at radius 1 is 1.30 bits per heavy atom. The van der Waals surface area contributed by atoms with E-state index in [2.05, 4.69) is 26.1 Å². The zero-order valence-electron chi connectivity index (χ0n) is 16.2. The van der Waals surface area contributed by atoms with Crippen molar-refractivity contribution in [3.63, 3.8) is 0 Å². The van der Waals surface area contributed by atoms with Crippen LogP contribution in [-0.2, 0) is 12.8 Å². The van der Waals surface area contributed by atoms with Crippen LogP contribution in [0.1, 0.15) is 58.3 Å². The van der Waals surface area contributed by atoms with Crippen molar-refractivity contribution < 1.29 is 14.3 Å². The standard InChI is InChI=1S/C21H26N2O3S/c1-21(2,3)13-8-9-15-16(11-13)27-20(17(15)18(22)24)23-19(25)12-6-5-7-14(10-12)26-4/h5-7,10,13H,8-9,11H2,1-4H3,(H2,22,24)(H,23,25). The lowest BCUT2D eigenvalue weighted by molar-refractivity contribution is 0.1000. The molecule has 144 valence electrons. The number of benzene rings is 1. The number of methoxy groups -OCH3 is 1. The van der Waals surface area contributed by atoms with Crippen molar-refractivity contribution in [2.45, 2.75) is 40.0 Å². The lowest BCUT2D eigenvalue weighted by Crippen LogP contribution is -2.27. The van der Waals surface area contributed by atoms with Crippen LogP contribution >= 0.6 is 11.3 Å². The van der Waals surface area contributed by atoms with Gasteiger partial charge in [-0.3, -0.25) is 9.59 Å². The molecule has 1 aliphatic rings. The van der Waals surface area contributed by atoms with Gasteiger partial charge >= 0.3 is 0 Å². The fourth-order valence-electron chi connectivity index (χ4n) is 3.61. The van der Waals surface area contributed by atoms with Crippen molar-refractivity contribution in [1.29, 1.82) is 0 Å². The van der Waals surface area contributed by atoms with E-state index >= 15 is 0 Å². The van der Waals surface area contributed by atoms with E-state index in [1.807, 2.05) is 0 Å². The van der Waals surface area contributed by atoms with Gasteiger partial charge in [0.1, 0.15) is 10.8 Å². The molecule has 1 unspecified atom stereocenters. The van der Waals surface area contributed by atoms with Crippen molar-refractivity contribution >= 4 is 28.2 Å². The molecule has 5 nitrogen and oxygen atoms in total. The van der Waals surface area contributed by atoms with Gasteiger partial charge in [0.25, 0.3) is 11.8 Å². The number of ether oxygens (including phenoxy) is 1. The Labute approximate surface area is 163 Å². The Kier molecular flexibility index (Phi) is 5.29. The molecule has 1 aliphatic carbocycles. The molecule has 0 bridgehead atoms. The summed E-state index contributed by atoms with van der Waals surface area (Å²) in [4.78, 5) is 26.0. The predicted molar refractivity (Wildman–Crippen MR) is 109 cm³/mol. The number of anilines is 1. The Balaban J connectivity index is 1.91. The first kappa shape index (κ1) is 19.4. The molecule has 1 aromatic carbocycles. The van der Waals surface area contributed by atoms with Gasteiger partial charge in [0.05, 0.1) is 12.7 Å². The summed E-state index contributed by atoms with van der Waals surface area (Å²) in [6.07, 6.45) is 2.76. The molecule has 2 aromatic rings. The highest BCUT2D eigenvalue weighted by Gasteiger charge is 2.33. The van der Waals surface area contributed by atoms with Crippen molar-refractivity contribution in [3.05, 3.63) is 45.8 Å². The number of fused-ring (bicyclic) bond motifs is 1. The van der Waals surface area contributed by atoms with Crippen molar-refractivity contribution in [2.24, 2.45) is 17.1 Å². The van der Waals surface area contributed by atoms with Gasteiger partial charge in [-0.2, -0.15) is 0 Å². The molecule has 2 amide bonds. The second-order valence-electron chi connectivity index (χ2n) is 8.06. The monoisotopic (exact) mass is 386 g/mol. The third kappa shape index (κ3) is 4.00. The van der Waals surface area contributed by atoms with E-state index in [-0.39, 0.29) is 11.3 Å². The number of hydrogen-bond donors (Lipinski definition) is 2. The Hall–Kier alpha value is -2.34. The lowest BCUT2D eigenvalue weighted by Gasteiger charge is -2.33. The molecule has 1 atom stereocenters. The molecule has 3 N–H and O–H groups in total. The van der Waals surface area contributed by atoms with Crippen LogP contribution in [0, 0.1) is 11.3 Å². The minimum absolute atomic E-state index is 0.207. The third-order valence-electron chi connectivity index (χ3n) is 5.30. The molecule has 0 fully saturated rings. The molecule has 27 heavy (non-hydrogen) atoms. The van der Waals surface area contributed by atoms with E-state index in [4.69, 9.17) is 10.5 Å². The highest BCUT2D eigenvalue weighted by molar-refractivity contribution is 7.17. The van der Waals surface area contributed by atoms with E-state index in [1.165, 1.54) is 11.3 Å². The van der Waals surface area contributed by atoms with E-state index in [1.54, 1.807) is 31.4 Å². The molecular weight excluding hydrogens is 360 g/mol. The van der Waals surface area contributed by atoms with Crippen LogP contribution in [-0.4, -0.2) is 18.9 Å². The molecule has 1 heterocycles. The topological polar surface area (TPSA) is 81.4 Å². The number of hydrogen-bond acceptors (Lipinski definition) is 4. The number of carbonyl (C=O) groups excluding carboxylic acids is 2. The minimum Gasteiger partial charge on any atom is -0.497 e. The summed E-state index contributed by atoms with van der Waals surface area (Å²) in [6, 6.07) is 6.92. The van der Waals surface area contributed by atoms with Gasteiger partial charge in [0.15, 0.2) is 0 Å². The molecular formula is C21H26N2O3S. The smallest absolute Gasteiger partial charge is 0.256 e. The van der Waals surface area contributed by atoms with Crippen LogP contribution in [0.2, 0.25) is 0 Å². The second kappa shape index (κ2) is 7.35. The highest BCUT2D eigenvalue weighted by Crippen LogP contribution is 2.44. The Morgan fingerprint density at radius 2 is 2.04 bits per heavy atom. The number of rotatable bonds is 4. The fraction of sp³-hybridized carbons (Fsp3) is 0.429. The quantitative estimate of drug-likeness (QED) is 0.824. The Morgan fingerprint density at radius 3 is 2.67 bits per heavy atom. The number of carbonyl (C=O) groups is 2. The maximum atomic E-state index is 12.7.